The van der Waals surface area contributed by atoms with Crippen LogP contribution in [0.1, 0.15) is 57.8 Å². The van der Waals surface area contributed by atoms with E-state index < -0.39 is 5.82 Å². The fourth-order valence-corrected chi connectivity index (χ4v) is 7.32. The first-order chi connectivity index (χ1) is 19.9. The maximum Gasteiger partial charge on any atom is 0.240 e. The molecule has 2 saturated heterocycles. The Morgan fingerprint density at radius 2 is 1.73 bits per heavy atom. The molecule has 3 aromatic rings. The number of likely N-dealkylation sites (tertiary alicyclic amines) is 1. The average Bonchev–Trinajstić information content (AvgIpc) is 3.41. The van der Waals surface area contributed by atoms with Crippen molar-refractivity contribution in [3.05, 3.63) is 51.7 Å². The van der Waals surface area contributed by atoms with E-state index in [1.807, 2.05) is 18.2 Å². The molecule has 218 valence electrons. The number of likely N-dealkylation sites (N-methyl/N-ethyl adjacent to an activating group) is 1. The van der Waals surface area contributed by atoms with Crippen LogP contribution in [0.15, 0.2) is 40.9 Å². The molecule has 1 atom stereocenters. The number of anilines is 3. The lowest BCUT2D eigenvalue weighted by atomic mass is 9.90. The summed E-state index contributed by atoms with van der Waals surface area (Å²) in [5, 5.41) is 4.31. The lowest BCUT2D eigenvalue weighted by molar-refractivity contribution is -0.142. The molecule has 3 heterocycles. The topological polar surface area (TPSA) is 64.6 Å². The molecule has 0 bridgehead atoms. The Morgan fingerprint density at radius 1 is 0.976 bits per heavy atom. The number of nitrogens with zero attached hydrogens (tertiary/aromatic N) is 5. The molecule has 2 aliphatic heterocycles. The predicted molar refractivity (Wildman–Crippen MR) is 167 cm³/mol. The number of rotatable bonds is 6. The van der Waals surface area contributed by atoms with Crippen LogP contribution in [0.2, 0.25) is 5.02 Å². The van der Waals surface area contributed by atoms with Gasteiger partial charge in [0.2, 0.25) is 11.9 Å². The third-order valence-electron chi connectivity index (χ3n) is 9.00. The van der Waals surface area contributed by atoms with Crippen molar-refractivity contribution in [3.63, 3.8) is 0 Å². The van der Waals surface area contributed by atoms with Gasteiger partial charge in [0, 0.05) is 40.1 Å². The van der Waals surface area contributed by atoms with Crippen LogP contribution in [0.3, 0.4) is 0 Å². The highest BCUT2D eigenvalue weighted by molar-refractivity contribution is 9.10. The molecular weight excluding hydrogens is 607 g/mol. The molecule has 41 heavy (non-hydrogen) atoms. The number of halogens is 3. The zero-order valence-electron chi connectivity index (χ0n) is 23.5. The summed E-state index contributed by atoms with van der Waals surface area (Å²) in [6.07, 6.45) is 9.73. The second-order valence-corrected chi connectivity index (χ2v) is 13.0. The fourth-order valence-electron chi connectivity index (χ4n) is 6.80. The minimum atomic E-state index is -0.443. The third kappa shape index (κ3) is 6.18. The van der Waals surface area contributed by atoms with E-state index in [0.29, 0.717) is 34.4 Å². The van der Waals surface area contributed by atoms with E-state index in [4.69, 9.17) is 21.6 Å². The van der Waals surface area contributed by atoms with E-state index in [-0.39, 0.29) is 12.1 Å². The van der Waals surface area contributed by atoms with Crippen LogP contribution < -0.4 is 10.2 Å². The van der Waals surface area contributed by atoms with Gasteiger partial charge in [-0.25, -0.2) is 9.37 Å². The Kier molecular flexibility index (Phi) is 8.65. The highest BCUT2D eigenvalue weighted by Gasteiger charge is 2.39. The van der Waals surface area contributed by atoms with Crippen LogP contribution in [-0.4, -0.2) is 70.5 Å². The zero-order chi connectivity index (χ0) is 28.5. The van der Waals surface area contributed by atoms with Crippen LogP contribution >= 0.6 is 27.5 Å². The maximum absolute atomic E-state index is 14.7. The van der Waals surface area contributed by atoms with Crippen LogP contribution in [-0.2, 0) is 4.79 Å². The van der Waals surface area contributed by atoms with E-state index in [9.17, 15) is 9.18 Å². The second kappa shape index (κ2) is 12.4. The number of benzene rings is 2. The highest BCUT2D eigenvalue weighted by Crippen LogP contribution is 2.34. The molecule has 10 heteroatoms. The summed E-state index contributed by atoms with van der Waals surface area (Å²) in [5.41, 5.74) is 1.08. The molecule has 0 radical (unpaired) electrons. The Labute approximate surface area is 254 Å². The van der Waals surface area contributed by atoms with Gasteiger partial charge in [-0.2, -0.15) is 4.98 Å². The molecule has 3 fully saturated rings. The molecule has 1 aliphatic carbocycles. The Bertz CT molecular complexity index is 1410. The average molecular weight is 644 g/mol. The first-order valence-electron chi connectivity index (χ1n) is 14.8. The third-order valence-corrected chi connectivity index (χ3v) is 9.73. The molecule has 6 rings (SSSR count). The van der Waals surface area contributed by atoms with E-state index in [0.717, 1.165) is 73.5 Å². The summed E-state index contributed by atoms with van der Waals surface area (Å²) in [7, 11) is 2.09. The predicted octanol–water partition coefficient (Wildman–Crippen LogP) is 7.15. The number of hydrogen-bond acceptors (Lipinski definition) is 6. The Hall–Kier alpha value is -2.49. The van der Waals surface area contributed by atoms with Crippen molar-refractivity contribution in [2.24, 2.45) is 0 Å². The van der Waals surface area contributed by atoms with Crippen LogP contribution in [0, 0.1) is 5.82 Å². The number of carbonyl (C=O) groups is 1. The molecule has 2 aromatic carbocycles. The van der Waals surface area contributed by atoms with E-state index in [1.165, 1.54) is 25.3 Å². The number of carbonyl (C=O) groups excluding carboxylic acids is 1. The first kappa shape index (κ1) is 28.6. The van der Waals surface area contributed by atoms with Gasteiger partial charge in [0.15, 0.2) is 0 Å². The summed E-state index contributed by atoms with van der Waals surface area (Å²) in [6, 6.07) is 11.0. The minimum absolute atomic E-state index is 0.0139. The quantitative estimate of drug-likeness (QED) is 0.308. The molecular formula is C31H37BrClFN6O. The maximum atomic E-state index is 14.7. The van der Waals surface area contributed by atoms with Gasteiger partial charge in [0.05, 0.1) is 17.2 Å². The minimum Gasteiger partial charge on any atom is -0.341 e. The summed E-state index contributed by atoms with van der Waals surface area (Å²) in [4.78, 5) is 30.5. The molecule has 1 unspecified atom stereocenters. The number of amides is 1. The summed E-state index contributed by atoms with van der Waals surface area (Å²) in [5.74, 6) is 1.04. The van der Waals surface area contributed by atoms with Crippen molar-refractivity contribution < 1.29 is 9.18 Å². The van der Waals surface area contributed by atoms with Gasteiger partial charge in [0.1, 0.15) is 11.6 Å². The highest BCUT2D eigenvalue weighted by atomic mass is 79.9. The van der Waals surface area contributed by atoms with Crippen molar-refractivity contribution in [1.82, 2.24) is 19.8 Å². The summed E-state index contributed by atoms with van der Waals surface area (Å²) < 4.78 is 15.6. The number of hydrogen-bond donors (Lipinski definition) is 1. The number of fused-ring (bicyclic) bond motifs is 1. The number of nitrogens with one attached hydrogen (secondary N) is 1. The molecule has 0 spiro atoms. The van der Waals surface area contributed by atoms with Crippen LogP contribution in [0.25, 0.3) is 10.9 Å². The molecule has 3 aliphatic rings. The standard InChI is InChI=1S/C31H37BrClFN6O/c1-38-15-5-8-28(38)30(41)40(22-6-3-2-4-7-22)23-13-16-39(17-14-23)31-36-26-11-9-20(32)18-24(26)29(37-31)35-27-12-10-21(33)19-25(27)34/h9-12,18-19,22-23,28H,2-8,13-17H2,1H3,(H,35,36,37). The van der Waals surface area contributed by atoms with Gasteiger partial charge in [0.25, 0.3) is 0 Å². The van der Waals surface area contributed by atoms with E-state index in [2.05, 4.69) is 43.0 Å². The molecule has 1 amide bonds. The van der Waals surface area contributed by atoms with Gasteiger partial charge in [-0.1, -0.05) is 46.8 Å². The Balaban J connectivity index is 1.24. The summed E-state index contributed by atoms with van der Waals surface area (Å²) >= 11 is 9.52. The summed E-state index contributed by atoms with van der Waals surface area (Å²) in [6.45, 7) is 2.52. The molecule has 7 nitrogen and oxygen atoms in total. The van der Waals surface area contributed by atoms with Crippen molar-refractivity contribution in [2.75, 3.05) is 36.9 Å². The van der Waals surface area contributed by atoms with Crippen molar-refractivity contribution >= 4 is 61.8 Å². The van der Waals surface area contributed by atoms with Gasteiger partial charge < -0.3 is 15.1 Å². The normalized spacial score (nSPS) is 21.0. The van der Waals surface area contributed by atoms with Gasteiger partial charge in [-0.05, 0) is 88.5 Å². The largest absolute Gasteiger partial charge is 0.341 e. The molecule has 1 saturated carbocycles. The first-order valence-corrected chi connectivity index (χ1v) is 16.0. The zero-order valence-corrected chi connectivity index (χ0v) is 25.8. The molecule has 1 aromatic heterocycles. The van der Waals surface area contributed by atoms with Crippen LogP contribution in [0.5, 0.6) is 0 Å². The smallest absolute Gasteiger partial charge is 0.240 e. The SMILES string of the molecule is CN1CCCC1C(=O)N(C1CCCCC1)C1CCN(c2nc(Nc3ccc(Cl)cc3F)c3cc(Br)ccc3n2)CC1. The fraction of sp³-hybridized carbons (Fsp3) is 0.516. The monoisotopic (exact) mass is 642 g/mol. The van der Waals surface area contributed by atoms with Crippen molar-refractivity contribution in [2.45, 2.75) is 75.9 Å². The number of aromatic nitrogens is 2. The lowest BCUT2D eigenvalue weighted by Crippen LogP contribution is -2.56. The van der Waals surface area contributed by atoms with Crippen molar-refractivity contribution in [1.29, 1.82) is 0 Å². The van der Waals surface area contributed by atoms with Gasteiger partial charge in [-0.3, -0.25) is 9.69 Å². The molecule has 1 N–H and O–H groups in total. The van der Waals surface area contributed by atoms with E-state index in [1.54, 1.807) is 12.1 Å². The second-order valence-electron chi connectivity index (χ2n) is 11.7. The van der Waals surface area contributed by atoms with Gasteiger partial charge in [-0.15, -0.1) is 0 Å². The number of piperidine rings is 1. The Morgan fingerprint density at radius 3 is 2.44 bits per heavy atom. The van der Waals surface area contributed by atoms with Gasteiger partial charge >= 0.3 is 0 Å². The van der Waals surface area contributed by atoms with Crippen molar-refractivity contribution in [3.8, 4) is 0 Å². The lowest BCUT2D eigenvalue weighted by Gasteiger charge is -2.45. The van der Waals surface area contributed by atoms with E-state index >= 15 is 0 Å². The van der Waals surface area contributed by atoms with Crippen LogP contribution in [0.4, 0.5) is 21.8 Å².